The van der Waals surface area contributed by atoms with Crippen LogP contribution in [0.2, 0.25) is 26.2 Å². The number of rotatable bonds is 3. The second-order valence-electron chi connectivity index (χ2n) is 4.60. The number of allylic oxidation sites excluding steroid dienone is 4. The molecule has 0 saturated heterocycles. The topological polar surface area (TPSA) is 32.7 Å². The van der Waals surface area contributed by atoms with Gasteiger partial charge in [0.05, 0.1) is 15.1 Å². The Bertz CT molecular complexity index is 492. The molecule has 0 radical (unpaired) electrons. The zero-order chi connectivity index (χ0) is 14.9. The molecule has 0 bridgehead atoms. The number of halogens is 4. The predicted octanol–water partition coefficient (Wildman–Crippen LogP) is 3.57. The van der Waals surface area contributed by atoms with Gasteiger partial charge in [0.15, 0.2) is 5.71 Å². The van der Waals surface area contributed by atoms with E-state index in [1.54, 1.807) is 0 Å². The van der Waals surface area contributed by atoms with Gasteiger partial charge in [-0.05, 0) is 0 Å². The van der Waals surface area contributed by atoms with Crippen molar-refractivity contribution in [1.82, 2.24) is 4.34 Å². The van der Waals surface area contributed by atoms with E-state index in [0.717, 1.165) is 0 Å². The fourth-order valence-corrected chi connectivity index (χ4v) is 7.96. The minimum absolute atomic E-state index is 0.0209. The molecule has 1 rings (SSSR count). The summed E-state index contributed by atoms with van der Waals surface area (Å²) in [6, 6.07) is 0. The van der Waals surface area contributed by atoms with Crippen molar-refractivity contribution in [3.05, 3.63) is 20.1 Å². The molecule has 0 heterocycles. The van der Waals surface area contributed by atoms with E-state index in [4.69, 9.17) is 46.4 Å². The number of hydrogen-bond acceptors (Lipinski definition) is 3. The summed E-state index contributed by atoms with van der Waals surface area (Å²) in [5.74, 6) is -0.477. The smallest absolute Gasteiger partial charge is 0.227 e. The third-order valence-corrected chi connectivity index (χ3v) is 10.2. The SMILES string of the molecule is C[SiH](C)N(N=C1C(=O)C(Cl)=C(Cl)C(Cl)=C1Cl)[SiH](C)C. The summed E-state index contributed by atoms with van der Waals surface area (Å²) >= 11 is 23.7. The maximum Gasteiger partial charge on any atom is 0.227 e. The monoisotopic (exact) mass is 374 g/mol. The molecule has 0 N–H and O–H groups in total. The fraction of sp³-hybridized carbons (Fsp3) is 0.400. The lowest BCUT2D eigenvalue weighted by atomic mass is 10.1. The Morgan fingerprint density at radius 2 is 1.26 bits per heavy atom. The molecular formula is C10H14Cl4N2OSi2. The zero-order valence-electron chi connectivity index (χ0n) is 11.0. The van der Waals surface area contributed by atoms with Crippen LogP contribution in [0.25, 0.3) is 0 Å². The number of hydrogen-bond donors (Lipinski definition) is 0. The van der Waals surface area contributed by atoms with Crippen molar-refractivity contribution >= 4 is 75.8 Å². The minimum Gasteiger partial charge on any atom is -0.354 e. The molecule has 0 saturated carbocycles. The lowest BCUT2D eigenvalue weighted by Gasteiger charge is -2.28. The summed E-state index contributed by atoms with van der Waals surface area (Å²) in [6.07, 6.45) is 0. The molecule has 0 aromatic heterocycles. The lowest BCUT2D eigenvalue weighted by Crippen LogP contribution is -2.40. The molecular weight excluding hydrogens is 362 g/mol. The number of carbonyl (C=O) groups is 1. The van der Waals surface area contributed by atoms with E-state index < -0.39 is 23.7 Å². The highest BCUT2D eigenvalue weighted by molar-refractivity contribution is 6.75. The summed E-state index contributed by atoms with van der Waals surface area (Å²) in [4.78, 5) is 12.1. The van der Waals surface area contributed by atoms with Gasteiger partial charge in [0.25, 0.3) is 0 Å². The molecule has 19 heavy (non-hydrogen) atoms. The second-order valence-corrected chi connectivity index (χ2v) is 12.1. The number of carbonyl (C=O) groups excluding carboxylic acids is 1. The van der Waals surface area contributed by atoms with Crippen LogP contribution in [-0.4, -0.2) is 33.8 Å². The molecule has 0 aromatic carbocycles. The Morgan fingerprint density at radius 1 is 0.842 bits per heavy atom. The average molecular weight is 376 g/mol. The number of ketones is 1. The Balaban J connectivity index is 3.32. The Labute approximate surface area is 136 Å². The summed E-state index contributed by atoms with van der Waals surface area (Å²) in [7, 11) is -2.37. The van der Waals surface area contributed by atoms with Crippen LogP contribution in [0.4, 0.5) is 0 Å². The normalized spacial score (nSPS) is 19.3. The minimum atomic E-state index is -1.19. The van der Waals surface area contributed by atoms with Crippen LogP contribution in [0.5, 0.6) is 0 Å². The van der Waals surface area contributed by atoms with Crippen LogP contribution in [-0.2, 0) is 4.79 Å². The molecule has 0 aromatic rings. The molecule has 1 aliphatic carbocycles. The lowest BCUT2D eigenvalue weighted by molar-refractivity contribution is -0.109. The number of nitrogens with zero attached hydrogens (tertiary/aromatic N) is 2. The highest BCUT2D eigenvalue weighted by Crippen LogP contribution is 2.36. The largest absolute Gasteiger partial charge is 0.354 e. The number of Topliss-reactive ketones (excluding diaryl/α,β-unsaturated/α-hetero) is 1. The Kier molecular flexibility index (Phi) is 6.16. The molecule has 3 nitrogen and oxygen atoms in total. The summed E-state index contributed by atoms with van der Waals surface area (Å²) in [6.45, 7) is 8.53. The molecule has 0 spiro atoms. The van der Waals surface area contributed by atoms with E-state index in [9.17, 15) is 4.79 Å². The summed E-state index contributed by atoms with van der Waals surface area (Å²) in [5.41, 5.74) is 0.0865. The first-order valence-electron chi connectivity index (χ1n) is 5.71. The van der Waals surface area contributed by atoms with Gasteiger partial charge >= 0.3 is 0 Å². The molecule has 106 valence electrons. The van der Waals surface area contributed by atoms with Gasteiger partial charge in [0, 0.05) is 0 Å². The van der Waals surface area contributed by atoms with E-state index in [-0.39, 0.29) is 25.8 Å². The van der Waals surface area contributed by atoms with Crippen LogP contribution in [0.1, 0.15) is 0 Å². The van der Waals surface area contributed by atoms with E-state index in [2.05, 4.69) is 31.3 Å². The molecule has 0 unspecified atom stereocenters. The van der Waals surface area contributed by atoms with Gasteiger partial charge in [-0.3, -0.25) is 4.79 Å². The summed E-state index contributed by atoms with van der Waals surface area (Å²) < 4.78 is 2.03. The molecule has 1 aliphatic rings. The maximum absolute atomic E-state index is 12.1. The third-order valence-electron chi connectivity index (χ3n) is 2.47. The molecule has 9 heteroatoms. The van der Waals surface area contributed by atoms with Crippen LogP contribution < -0.4 is 0 Å². The molecule has 0 atom stereocenters. The van der Waals surface area contributed by atoms with Crippen LogP contribution in [0.3, 0.4) is 0 Å². The van der Waals surface area contributed by atoms with Crippen molar-refractivity contribution in [3.8, 4) is 0 Å². The third kappa shape index (κ3) is 3.65. The molecule has 0 amide bonds. The summed E-state index contributed by atoms with van der Waals surface area (Å²) in [5, 5.41) is 4.39. The standard InChI is InChI=1S/C10H14Cl4N2OSi2/c1-18(2)16(19(3)4)15-9-7(13)5(11)6(12)8(14)10(9)17/h18-19H,1-4H3. The van der Waals surface area contributed by atoms with E-state index in [1.807, 2.05) is 4.34 Å². The second kappa shape index (κ2) is 6.78. The van der Waals surface area contributed by atoms with E-state index in [0.29, 0.717) is 0 Å². The quantitative estimate of drug-likeness (QED) is 0.429. The van der Waals surface area contributed by atoms with Gasteiger partial charge in [-0.2, -0.15) is 5.10 Å². The predicted molar refractivity (Wildman–Crippen MR) is 89.5 cm³/mol. The van der Waals surface area contributed by atoms with Gasteiger partial charge in [0.2, 0.25) is 5.78 Å². The van der Waals surface area contributed by atoms with Crippen molar-refractivity contribution in [2.75, 3.05) is 0 Å². The maximum atomic E-state index is 12.1. The number of hydrazone groups is 1. The van der Waals surface area contributed by atoms with E-state index in [1.165, 1.54) is 0 Å². The van der Waals surface area contributed by atoms with Gasteiger partial charge in [-0.25, -0.2) is 0 Å². The van der Waals surface area contributed by atoms with Gasteiger partial charge in [-0.1, -0.05) is 72.6 Å². The molecule has 0 aliphatic heterocycles. The first-order chi connectivity index (χ1) is 8.68. The molecule has 0 fully saturated rings. The zero-order valence-corrected chi connectivity index (χ0v) is 16.3. The van der Waals surface area contributed by atoms with Gasteiger partial charge in [0.1, 0.15) is 22.9 Å². The van der Waals surface area contributed by atoms with E-state index >= 15 is 0 Å². The Morgan fingerprint density at radius 3 is 1.68 bits per heavy atom. The van der Waals surface area contributed by atoms with Gasteiger partial charge < -0.3 is 4.34 Å². The Hall–Kier alpha value is 0.214. The van der Waals surface area contributed by atoms with Gasteiger partial charge in [-0.15, -0.1) is 0 Å². The average Bonchev–Trinajstić information content (AvgIpc) is 2.33. The van der Waals surface area contributed by atoms with Crippen molar-refractivity contribution in [1.29, 1.82) is 0 Å². The first kappa shape index (κ1) is 17.3. The first-order valence-corrected chi connectivity index (χ1v) is 12.9. The van der Waals surface area contributed by atoms with Crippen LogP contribution in [0.15, 0.2) is 25.2 Å². The van der Waals surface area contributed by atoms with Crippen LogP contribution >= 0.6 is 46.4 Å². The highest BCUT2D eigenvalue weighted by atomic mass is 35.5. The van der Waals surface area contributed by atoms with Crippen molar-refractivity contribution in [2.24, 2.45) is 5.10 Å². The van der Waals surface area contributed by atoms with Crippen molar-refractivity contribution in [2.45, 2.75) is 26.2 Å². The highest BCUT2D eigenvalue weighted by Gasteiger charge is 2.31. The fourth-order valence-electron chi connectivity index (χ4n) is 1.63. The van der Waals surface area contributed by atoms with Crippen molar-refractivity contribution in [3.63, 3.8) is 0 Å². The van der Waals surface area contributed by atoms with Crippen LogP contribution in [0, 0.1) is 0 Å². The van der Waals surface area contributed by atoms with Crippen molar-refractivity contribution < 1.29 is 4.79 Å².